The fourth-order valence-corrected chi connectivity index (χ4v) is 16.9. The van der Waals surface area contributed by atoms with Gasteiger partial charge in [0.05, 0.1) is 0 Å². The average molecular weight is 640 g/mol. The van der Waals surface area contributed by atoms with Gasteiger partial charge in [-0.2, -0.15) is 0 Å². The summed E-state index contributed by atoms with van der Waals surface area (Å²) in [6.07, 6.45) is 11.5. The van der Waals surface area contributed by atoms with Gasteiger partial charge >= 0.3 is 267 Å². The van der Waals surface area contributed by atoms with Crippen LogP contribution in [0.4, 0.5) is 0 Å². The first-order chi connectivity index (χ1) is 19.2. The SMILES string of the molecule is C[C](C)=[Zr]([C]1=CC(C(C)(C)C)=CC1)[CH]1c2cc3c(cc2-c2cc4c(cc21)C(C)(C)CCC4(C)C)C(C)(C)CCC3(C)C. The van der Waals surface area contributed by atoms with Gasteiger partial charge in [0.25, 0.3) is 0 Å². The molecule has 0 N–H and O–H groups in total. The predicted octanol–water partition coefficient (Wildman–Crippen LogP) is 11.5. The summed E-state index contributed by atoms with van der Waals surface area (Å²) in [7, 11) is 0. The van der Waals surface area contributed by atoms with Gasteiger partial charge < -0.3 is 0 Å². The van der Waals surface area contributed by atoms with Crippen molar-refractivity contribution in [3.05, 3.63) is 78.7 Å². The van der Waals surface area contributed by atoms with Crippen LogP contribution in [0.2, 0.25) is 0 Å². The molecule has 0 heterocycles. The van der Waals surface area contributed by atoms with Gasteiger partial charge in [0, 0.05) is 0 Å². The molecule has 0 saturated heterocycles. The van der Waals surface area contributed by atoms with Crippen LogP contribution in [0.25, 0.3) is 11.1 Å². The summed E-state index contributed by atoms with van der Waals surface area (Å²) >= 11 is -2.30. The Balaban J connectivity index is 1.67. The van der Waals surface area contributed by atoms with Crippen LogP contribution in [0.15, 0.2) is 45.3 Å². The standard InChI is InChI=1S/C29H37.C9H13.C3H6.Zr/c1-26(2)9-11-28(5,6)24-16-20-18(14-22(24)26)13-19-15-23-25(17-21(19)20)29(7,8)12-10-27(23,3)4;1-9(2,3)8-6-4-5-7-8;1-3-2;/h13-17H,9-12H2,1-8H3;6-7H,4H2,1-3H3;1-2H3;. The zero-order chi connectivity index (χ0) is 30.8. The molecular weight excluding hydrogens is 584 g/mol. The third kappa shape index (κ3) is 4.73. The third-order valence-electron chi connectivity index (χ3n) is 11.9. The molecule has 0 fully saturated rings. The van der Waals surface area contributed by atoms with E-state index >= 15 is 0 Å². The fraction of sp³-hybridized carbons (Fsp3) is 0.585. The van der Waals surface area contributed by atoms with Crippen LogP contribution >= 0.6 is 0 Å². The predicted molar refractivity (Wildman–Crippen MR) is 181 cm³/mol. The van der Waals surface area contributed by atoms with Gasteiger partial charge in [0.15, 0.2) is 0 Å². The molecule has 0 saturated carbocycles. The fourth-order valence-electron chi connectivity index (χ4n) is 8.72. The van der Waals surface area contributed by atoms with Crippen molar-refractivity contribution in [2.45, 2.75) is 147 Å². The van der Waals surface area contributed by atoms with E-state index in [0.29, 0.717) is 3.63 Å². The van der Waals surface area contributed by atoms with E-state index in [1.54, 1.807) is 56.6 Å². The molecule has 0 radical (unpaired) electrons. The molecule has 0 aromatic heterocycles. The van der Waals surface area contributed by atoms with Gasteiger partial charge in [0.1, 0.15) is 0 Å². The van der Waals surface area contributed by atoms with E-state index in [4.69, 9.17) is 0 Å². The van der Waals surface area contributed by atoms with E-state index in [0.717, 1.165) is 0 Å². The summed E-state index contributed by atoms with van der Waals surface area (Å²) in [4.78, 5) is 0. The van der Waals surface area contributed by atoms with Crippen molar-refractivity contribution in [3.8, 4) is 11.1 Å². The Morgan fingerprint density at radius 3 is 1.36 bits per heavy atom. The first-order valence-corrected chi connectivity index (χ1v) is 20.6. The Kier molecular flexibility index (Phi) is 7.00. The molecule has 2 aromatic rings. The monoisotopic (exact) mass is 638 g/mol. The number of benzene rings is 2. The van der Waals surface area contributed by atoms with Crippen molar-refractivity contribution in [2.24, 2.45) is 5.41 Å². The number of hydrogen-bond acceptors (Lipinski definition) is 0. The second kappa shape index (κ2) is 9.59. The minimum absolute atomic E-state index is 0.215. The summed E-state index contributed by atoms with van der Waals surface area (Å²) < 4.78 is 4.12. The number of rotatable bonds is 2. The molecule has 0 unspecified atom stereocenters. The Bertz CT molecular complexity index is 1500. The first-order valence-electron chi connectivity index (χ1n) is 16.7. The maximum absolute atomic E-state index is 2.75. The summed E-state index contributed by atoms with van der Waals surface area (Å²) in [6, 6.07) is 10.9. The first kappa shape index (κ1) is 30.7. The molecule has 4 aliphatic carbocycles. The molecule has 4 aliphatic rings. The Labute approximate surface area is 265 Å². The van der Waals surface area contributed by atoms with Gasteiger partial charge in [-0.25, -0.2) is 0 Å². The Hall–Kier alpha value is -1.33. The molecule has 6 rings (SSSR count). The number of allylic oxidation sites excluding steroid dienone is 4. The molecule has 0 spiro atoms. The quantitative estimate of drug-likeness (QED) is 0.307. The van der Waals surface area contributed by atoms with Crippen LogP contribution < -0.4 is 0 Å². The number of hydrogen-bond donors (Lipinski definition) is 0. The zero-order valence-electron chi connectivity index (χ0n) is 29.1. The van der Waals surface area contributed by atoms with Gasteiger partial charge in [-0.3, -0.25) is 0 Å². The van der Waals surface area contributed by atoms with Crippen LogP contribution in [0, 0.1) is 5.41 Å². The second-order valence-electron chi connectivity index (χ2n) is 18.1. The molecule has 2 aromatic carbocycles. The van der Waals surface area contributed by atoms with Gasteiger partial charge in [-0.05, 0) is 0 Å². The maximum atomic E-state index is 2.75. The molecular formula is C41H56Zr. The normalized spacial score (nSPS) is 22.9. The van der Waals surface area contributed by atoms with Crippen molar-refractivity contribution in [2.75, 3.05) is 0 Å². The minimum atomic E-state index is -2.30. The molecule has 0 aliphatic heterocycles. The molecule has 1 heteroatoms. The van der Waals surface area contributed by atoms with Crippen LogP contribution in [-0.2, 0) is 42.9 Å². The van der Waals surface area contributed by atoms with Crippen molar-refractivity contribution < 1.29 is 21.3 Å². The summed E-state index contributed by atoms with van der Waals surface area (Å²) in [6.45, 7) is 32.1. The van der Waals surface area contributed by atoms with Crippen LogP contribution in [-0.4, -0.2) is 3.21 Å². The summed E-state index contributed by atoms with van der Waals surface area (Å²) in [5, 5.41) is 0. The molecule has 0 bridgehead atoms. The van der Waals surface area contributed by atoms with Crippen molar-refractivity contribution in [3.63, 3.8) is 0 Å². The summed E-state index contributed by atoms with van der Waals surface area (Å²) in [5.74, 6) is 0. The van der Waals surface area contributed by atoms with Gasteiger partial charge in [-0.1, -0.05) is 0 Å². The molecule has 224 valence electrons. The van der Waals surface area contributed by atoms with Crippen molar-refractivity contribution >= 4 is 3.21 Å². The molecule has 42 heavy (non-hydrogen) atoms. The topological polar surface area (TPSA) is 0 Å². The van der Waals surface area contributed by atoms with Crippen molar-refractivity contribution in [1.82, 2.24) is 0 Å². The van der Waals surface area contributed by atoms with E-state index in [2.05, 4.69) is 126 Å². The van der Waals surface area contributed by atoms with E-state index in [9.17, 15) is 0 Å². The summed E-state index contributed by atoms with van der Waals surface area (Å²) in [5.41, 5.74) is 15.6. The molecule has 0 amide bonds. The van der Waals surface area contributed by atoms with Crippen LogP contribution in [0.1, 0.15) is 159 Å². The van der Waals surface area contributed by atoms with Crippen molar-refractivity contribution in [1.29, 1.82) is 0 Å². The van der Waals surface area contributed by atoms with E-state index in [1.807, 2.05) is 0 Å². The van der Waals surface area contributed by atoms with E-state index < -0.39 is 21.3 Å². The average Bonchev–Trinajstić information content (AvgIpc) is 3.48. The Morgan fingerprint density at radius 1 is 0.643 bits per heavy atom. The number of fused-ring (bicyclic) bond motifs is 5. The van der Waals surface area contributed by atoms with Gasteiger partial charge in [-0.15, -0.1) is 0 Å². The Morgan fingerprint density at radius 2 is 1.02 bits per heavy atom. The second-order valence-corrected chi connectivity index (χ2v) is 25.6. The molecule has 0 atom stereocenters. The molecule has 0 nitrogen and oxygen atoms in total. The third-order valence-corrected chi connectivity index (χ3v) is 20.0. The van der Waals surface area contributed by atoms with Crippen LogP contribution in [0.3, 0.4) is 0 Å². The van der Waals surface area contributed by atoms with E-state index in [1.165, 1.54) is 32.1 Å². The van der Waals surface area contributed by atoms with Crippen LogP contribution in [0.5, 0.6) is 0 Å². The zero-order valence-corrected chi connectivity index (χ0v) is 31.5. The van der Waals surface area contributed by atoms with E-state index in [-0.39, 0.29) is 27.1 Å². The van der Waals surface area contributed by atoms with Gasteiger partial charge in [0.2, 0.25) is 0 Å².